The second-order valence-electron chi connectivity index (χ2n) is 5.39. The van der Waals surface area contributed by atoms with Crippen molar-refractivity contribution in [2.24, 2.45) is 5.92 Å². The van der Waals surface area contributed by atoms with E-state index < -0.39 is 11.7 Å². The van der Waals surface area contributed by atoms with Gasteiger partial charge in [-0.05, 0) is 33.1 Å². The van der Waals surface area contributed by atoms with Crippen molar-refractivity contribution in [3.05, 3.63) is 0 Å². The Morgan fingerprint density at radius 2 is 1.76 bits per heavy atom. The van der Waals surface area contributed by atoms with Gasteiger partial charge in [-0.2, -0.15) is 0 Å². The van der Waals surface area contributed by atoms with E-state index in [4.69, 9.17) is 4.74 Å². The molecule has 0 aliphatic carbocycles. The summed E-state index contributed by atoms with van der Waals surface area (Å²) >= 11 is 0. The van der Waals surface area contributed by atoms with Gasteiger partial charge in [-0.1, -0.05) is 13.8 Å². The zero-order chi connectivity index (χ0) is 13.5. The van der Waals surface area contributed by atoms with Crippen LogP contribution in [-0.2, 0) is 9.53 Å². The van der Waals surface area contributed by atoms with E-state index >= 15 is 0 Å². The van der Waals surface area contributed by atoms with Crippen LogP contribution in [-0.4, -0.2) is 30.7 Å². The van der Waals surface area contributed by atoms with Crippen molar-refractivity contribution in [2.45, 2.75) is 46.6 Å². The Morgan fingerprint density at radius 3 is 2.24 bits per heavy atom. The van der Waals surface area contributed by atoms with Crippen LogP contribution in [0.25, 0.3) is 0 Å². The molecule has 100 valence electrons. The molecule has 2 amide bonds. The highest BCUT2D eigenvalue weighted by molar-refractivity contribution is 5.82. The highest BCUT2D eigenvalue weighted by Gasteiger charge is 2.16. The number of nitrogens with one attached hydrogen (secondary N) is 2. The summed E-state index contributed by atoms with van der Waals surface area (Å²) < 4.78 is 5.00. The molecule has 0 atom stereocenters. The van der Waals surface area contributed by atoms with E-state index in [0.29, 0.717) is 12.5 Å². The zero-order valence-corrected chi connectivity index (χ0v) is 11.4. The summed E-state index contributed by atoms with van der Waals surface area (Å²) in [5, 5.41) is 5.13. The first-order valence-corrected chi connectivity index (χ1v) is 5.94. The van der Waals surface area contributed by atoms with Crippen LogP contribution in [0, 0.1) is 5.92 Å². The third-order valence-electron chi connectivity index (χ3n) is 1.84. The van der Waals surface area contributed by atoms with E-state index in [1.165, 1.54) is 0 Å². The lowest BCUT2D eigenvalue weighted by Gasteiger charge is -2.19. The monoisotopic (exact) mass is 244 g/mol. The molecule has 0 aliphatic rings. The molecular weight excluding hydrogens is 220 g/mol. The third-order valence-corrected chi connectivity index (χ3v) is 1.84. The summed E-state index contributed by atoms with van der Waals surface area (Å²) in [7, 11) is 0. The number of amides is 2. The Balaban J connectivity index is 3.67. The Bertz CT molecular complexity index is 257. The smallest absolute Gasteiger partial charge is 0.408 e. The van der Waals surface area contributed by atoms with Gasteiger partial charge in [0.25, 0.3) is 0 Å². The quantitative estimate of drug-likeness (QED) is 0.773. The predicted molar refractivity (Wildman–Crippen MR) is 66.7 cm³/mol. The Labute approximate surface area is 103 Å². The molecule has 5 nitrogen and oxygen atoms in total. The largest absolute Gasteiger partial charge is 0.444 e. The van der Waals surface area contributed by atoms with Crippen LogP contribution in [0.2, 0.25) is 0 Å². The van der Waals surface area contributed by atoms with Gasteiger partial charge in [0.2, 0.25) is 5.91 Å². The number of rotatable bonds is 5. The molecular formula is C12H24N2O3. The molecule has 5 heteroatoms. The summed E-state index contributed by atoms with van der Waals surface area (Å²) in [5.41, 5.74) is -0.543. The van der Waals surface area contributed by atoms with Crippen LogP contribution in [0.15, 0.2) is 0 Å². The van der Waals surface area contributed by atoms with E-state index in [1.54, 1.807) is 20.8 Å². The molecule has 0 aliphatic heterocycles. The number of ether oxygens (including phenoxy) is 1. The highest BCUT2D eigenvalue weighted by Crippen LogP contribution is 2.05. The number of carbonyl (C=O) groups excluding carboxylic acids is 2. The molecule has 0 fully saturated rings. The normalized spacial score (nSPS) is 11.2. The molecule has 2 N–H and O–H groups in total. The first-order chi connectivity index (χ1) is 7.70. The summed E-state index contributed by atoms with van der Waals surface area (Å²) in [5.74, 6) is 0.352. The van der Waals surface area contributed by atoms with Gasteiger partial charge < -0.3 is 15.4 Å². The van der Waals surface area contributed by atoms with Crippen molar-refractivity contribution in [1.29, 1.82) is 0 Å². The lowest BCUT2D eigenvalue weighted by molar-refractivity contribution is -0.120. The van der Waals surface area contributed by atoms with Gasteiger partial charge in [0, 0.05) is 6.54 Å². The Morgan fingerprint density at radius 1 is 1.18 bits per heavy atom. The Kier molecular flexibility index (Phi) is 6.61. The van der Waals surface area contributed by atoms with Crippen molar-refractivity contribution in [3.8, 4) is 0 Å². The summed E-state index contributed by atoms with van der Waals surface area (Å²) in [6.07, 6.45) is 0.356. The van der Waals surface area contributed by atoms with Crippen molar-refractivity contribution < 1.29 is 14.3 Å². The highest BCUT2D eigenvalue weighted by atomic mass is 16.6. The summed E-state index contributed by atoms with van der Waals surface area (Å²) in [6.45, 7) is 10.1. The van der Waals surface area contributed by atoms with Crippen molar-refractivity contribution in [3.63, 3.8) is 0 Å². The number of carbonyl (C=O) groups is 2. The predicted octanol–water partition coefficient (Wildman–Crippen LogP) is 1.67. The van der Waals surface area contributed by atoms with E-state index in [-0.39, 0.29) is 12.5 Å². The minimum absolute atomic E-state index is 0.0486. The summed E-state index contributed by atoms with van der Waals surface area (Å²) in [4.78, 5) is 22.5. The fourth-order valence-corrected chi connectivity index (χ4v) is 1.03. The van der Waals surface area contributed by atoms with Crippen molar-refractivity contribution in [1.82, 2.24) is 10.6 Å². The van der Waals surface area contributed by atoms with Gasteiger partial charge in [0.1, 0.15) is 5.60 Å². The van der Waals surface area contributed by atoms with Crippen LogP contribution < -0.4 is 10.6 Å². The molecule has 0 saturated heterocycles. The van der Waals surface area contributed by atoms with Gasteiger partial charge >= 0.3 is 6.09 Å². The van der Waals surface area contributed by atoms with Crippen LogP contribution >= 0.6 is 0 Å². The molecule has 0 radical (unpaired) electrons. The van der Waals surface area contributed by atoms with Crippen LogP contribution in [0.5, 0.6) is 0 Å². The van der Waals surface area contributed by atoms with Crippen LogP contribution in [0.1, 0.15) is 41.0 Å². The number of hydrogen-bond acceptors (Lipinski definition) is 3. The average Bonchev–Trinajstić information content (AvgIpc) is 2.11. The third kappa shape index (κ3) is 11.0. The summed E-state index contributed by atoms with van der Waals surface area (Å²) in [6, 6.07) is 0. The molecule has 0 heterocycles. The van der Waals surface area contributed by atoms with E-state index in [0.717, 1.165) is 6.42 Å². The first-order valence-electron chi connectivity index (χ1n) is 5.94. The average molecular weight is 244 g/mol. The molecule has 0 saturated carbocycles. The fourth-order valence-electron chi connectivity index (χ4n) is 1.03. The molecule has 0 aromatic rings. The van der Waals surface area contributed by atoms with Crippen LogP contribution in [0.4, 0.5) is 4.79 Å². The second-order valence-corrected chi connectivity index (χ2v) is 5.39. The molecule has 0 bridgehead atoms. The fraction of sp³-hybridized carbons (Fsp3) is 0.833. The molecule has 17 heavy (non-hydrogen) atoms. The molecule has 0 aromatic heterocycles. The van der Waals surface area contributed by atoms with Gasteiger partial charge in [-0.25, -0.2) is 4.79 Å². The van der Waals surface area contributed by atoms with E-state index in [9.17, 15) is 9.59 Å². The van der Waals surface area contributed by atoms with E-state index in [2.05, 4.69) is 24.5 Å². The van der Waals surface area contributed by atoms with Gasteiger partial charge in [0.05, 0.1) is 6.54 Å². The topological polar surface area (TPSA) is 67.4 Å². The van der Waals surface area contributed by atoms with Crippen molar-refractivity contribution in [2.75, 3.05) is 13.1 Å². The molecule has 0 unspecified atom stereocenters. The minimum Gasteiger partial charge on any atom is -0.444 e. The first kappa shape index (κ1) is 15.7. The standard InChI is InChI=1S/C12H24N2O3/c1-9(2)6-7-13-10(15)8-14-11(16)17-12(3,4)5/h9H,6-8H2,1-5H3,(H,13,15)(H,14,16). The lowest BCUT2D eigenvalue weighted by Crippen LogP contribution is -2.40. The maximum Gasteiger partial charge on any atom is 0.408 e. The molecule has 0 spiro atoms. The van der Waals surface area contributed by atoms with Crippen molar-refractivity contribution >= 4 is 12.0 Å². The van der Waals surface area contributed by atoms with Gasteiger partial charge in [0.15, 0.2) is 0 Å². The van der Waals surface area contributed by atoms with Gasteiger partial charge in [-0.3, -0.25) is 4.79 Å². The molecule has 0 rings (SSSR count). The SMILES string of the molecule is CC(C)CCNC(=O)CNC(=O)OC(C)(C)C. The minimum atomic E-state index is -0.573. The van der Waals surface area contributed by atoms with E-state index in [1.807, 2.05) is 0 Å². The second kappa shape index (κ2) is 7.14. The Hall–Kier alpha value is -1.26. The number of alkyl carbamates (subject to hydrolysis) is 1. The zero-order valence-electron chi connectivity index (χ0n) is 11.4. The van der Waals surface area contributed by atoms with Gasteiger partial charge in [-0.15, -0.1) is 0 Å². The lowest BCUT2D eigenvalue weighted by atomic mass is 10.1. The maximum absolute atomic E-state index is 11.3. The number of hydrogen-bond donors (Lipinski definition) is 2. The maximum atomic E-state index is 11.3. The molecule has 0 aromatic carbocycles. The van der Waals surface area contributed by atoms with Crippen LogP contribution in [0.3, 0.4) is 0 Å².